The molecular weight excluding hydrogens is 414 g/mol. The van der Waals surface area contributed by atoms with Gasteiger partial charge in [-0.05, 0) is 54.8 Å². The van der Waals surface area contributed by atoms with Gasteiger partial charge in [-0.2, -0.15) is 13.2 Å². The lowest BCUT2D eigenvalue weighted by molar-refractivity contribution is -0.145. The van der Waals surface area contributed by atoms with E-state index < -0.39 is 29.8 Å². The van der Waals surface area contributed by atoms with Crippen LogP contribution in [0.1, 0.15) is 42.0 Å². The smallest absolute Gasteiger partial charge is 0.416 e. The summed E-state index contributed by atoms with van der Waals surface area (Å²) in [4.78, 5) is 13.6. The van der Waals surface area contributed by atoms with Crippen LogP contribution in [-0.2, 0) is 11.0 Å². The van der Waals surface area contributed by atoms with Crippen LogP contribution in [0.25, 0.3) is 0 Å². The largest absolute Gasteiger partial charge is 0.480 e. The minimum absolute atomic E-state index is 0.306. The highest BCUT2D eigenvalue weighted by atomic mass is 35.5. The number of carboxylic acid groups (broad SMARTS) is 1. The molecule has 0 aliphatic carbocycles. The first-order valence-electron chi connectivity index (χ1n) is 8.79. The van der Waals surface area contributed by atoms with Gasteiger partial charge in [0.2, 0.25) is 0 Å². The van der Waals surface area contributed by atoms with Gasteiger partial charge >= 0.3 is 12.1 Å². The van der Waals surface area contributed by atoms with Crippen molar-refractivity contribution in [2.75, 3.05) is 6.54 Å². The molecule has 2 aromatic rings. The summed E-state index contributed by atoms with van der Waals surface area (Å²) in [6, 6.07) is 8.51. The predicted octanol–water partition coefficient (Wildman–Crippen LogP) is 6.04. The number of halogens is 5. The molecule has 0 radical (unpaired) electrons. The van der Waals surface area contributed by atoms with E-state index in [1.165, 1.54) is 12.1 Å². The van der Waals surface area contributed by atoms with Gasteiger partial charge in [0.05, 0.1) is 21.7 Å². The Bertz CT molecular complexity index is 856. The minimum Gasteiger partial charge on any atom is -0.480 e. The molecule has 2 unspecified atom stereocenters. The standard InChI is InChI=1S/C20H18Cl2F3NO2/c21-15-9-6-13(11-16(15)22)18(26-10-2-1-3-17(26)19(27)28)12-4-7-14(8-5-12)20(23,24)25/h4-9,11,17-18H,1-3,10H2,(H,27,28). The van der Waals surface area contributed by atoms with Crippen molar-refractivity contribution in [1.29, 1.82) is 0 Å². The fourth-order valence-electron chi connectivity index (χ4n) is 3.64. The number of alkyl halides is 3. The van der Waals surface area contributed by atoms with Gasteiger partial charge in [-0.25, -0.2) is 0 Å². The lowest BCUT2D eigenvalue weighted by Gasteiger charge is -2.39. The quantitative estimate of drug-likeness (QED) is 0.641. The number of hydrogen-bond acceptors (Lipinski definition) is 2. The Morgan fingerprint density at radius 3 is 2.25 bits per heavy atom. The maximum Gasteiger partial charge on any atom is 0.416 e. The van der Waals surface area contributed by atoms with Crippen LogP contribution in [0.2, 0.25) is 10.0 Å². The highest BCUT2D eigenvalue weighted by Crippen LogP contribution is 2.38. The summed E-state index contributed by atoms with van der Waals surface area (Å²) in [6.07, 6.45) is -2.36. The first-order valence-corrected chi connectivity index (χ1v) is 9.54. The molecule has 0 saturated carbocycles. The number of aliphatic carboxylic acids is 1. The topological polar surface area (TPSA) is 40.5 Å². The lowest BCUT2D eigenvalue weighted by Crippen LogP contribution is -2.46. The molecule has 0 aromatic heterocycles. The number of likely N-dealkylation sites (tertiary alicyclic amines) is 1. The van der Waals surface area contributed by atoms with Crippen molar-refractivity contribution in [3.8, 4) is 0 Å². The summed E-state index contributed by atoms with van der Waals surface area (Å²) in [5, 5.41) is 10.3. The molecule has 3 rings (SSSR count). The Hall–Kier alpha value is -1.76. The Morgan fingerprint density at radius 2 is 1.68 bits per heavy atom. The highest BCUT2D eigenvalue weighted by molar-refractivity contribution is 6.42. The average Bonchev–Trinajstić information content (AvgIpc) is 2.65. The van der Waals surface area contributed by atoms with Gasteiger partial charge < -0.3 is 5.11 Å². The van der Waals surface area contributed by atoms with Gasteiger partial charge in [-0.15, -0.1) is 0 Å². The summed E-state index contributed by atoms with van der Waals surface area (Å²) in [6.45, 7) is 0.517. The fourth-order valence-corrected chi connectivity index (χ4v) is 3.95. The van der Waals surface area contributed by atoms with Crippen LogP contribution in [0.3, 0.4) is 0 Å². The summed E-state index contributed by atoms with van der Waals surface area (Å²) >= 11 is 12.2. The monoisotopic (exact) mass is 431 g/mol. The lowest BCUT2D eigenvalue weighted by atomic mass is 9.91. The molecule has 28 heavy (non-hydrogen) atoms. The van der Waals surface area contributed by atoms with Gasteiger partial charge in [0.25, 0.3) is 0 Å². The number of carbonyl (C=O) groups is 1. The molecule has 0 bridgehead atoms. The van der Waals surface area contributed by atoms with Crippen LogP contribution in [0, 0.1) is 0 Å². The van der Waals surface area contributed by atoms with Crippen LogP contribution in [0.5, 0.6) is 0 Å². The van der Waals surface area contributed by atoms with Crippen molar-refractivity contribution < 1.29 is 23.1 Å². The number of benzene rings is 2. The molecule has 1 heterocycles. The Labute approximate surface area is 170 Å². The summed E-state index contributed by atoms with van der Waals surface area (Å²) in [7, 11) is 0. The molecular formula is C20H18Cl2F3NO2. The Balaban J connectivity index is 2.08. The predicted molar refractivity (Wildman–Crippen MR) is 102 cm³/mol. The van der Waals surface area contributed by atoms with Crippen molar-refractivity contribution in [2.24, 2.45) is 0 Å². The van der Waals surface area contributed by atoms with E-state index >= 15 is 0 Å². The van der Waals surface area contributed by atoms with E-state index in [4.69, 9.17) is 23.2 Å². The summed E-state index contributed by atoms with van der Waals surface area (Å²) in [5.41, 5.74) is 0.499. The number of hydrogen-bond donors (Lipinski definition) is 1. The molecule has 2 aromatic carbocycles. The molecule has 8 heteroatoms. The number of rotatable bonds is 4. The molecule has 1 aliphatic heterocycles. The molecule has 150 valence electrons. The second-order valence-corrected chi connectivity index (χ2v) is 7.60. The molecule has 2 atom stereocenters. The van der Waals surface area contributed by atoms with Gasteiger partial charge in [0.15, 0.2) is 0 Å². The van der Waals surface area contributed by atoms with Crippen molar-refractivity contribution in [2.45, 2.75) is 37.5 Å². The second kappa shape index (κ2) is 8.31. The van der Waals surface area contributed by atoms with Crippen LogP contribution in [-0.4, -0.2) is 28.6 Å². The highest BCUT2D eigenvalue weighted by Gasteiger charge is 2.36. The van der Waals surface area contributed by atoms with Gasteiger partial charge in [-0.3, -0.25) is 9.69 Å². The number of carboxylic acids is 1. The first kappa shape index (κ1) is 21.0. The van der Waals surface area contributed by atoms with Crippen molar-refractivity contribution >= 4 is 29.2 Å². The van der Waals surface area contributed by atoms with Crippen molar-refractivity contribution in [3.05, 3.63) is 69.2 Å². The maximum atomic E-state index is 12.9. The SMILES string of the molecule is O=C(O)C1CCCCN1C(c1ccc(C(F)(F)F)cc1)c1ccc(Cl)c(Cl)c1. The molecule has 0 spiro atoms. The third-order valence-corrected chi connectivity index (χ3v) is 5.71. The third-order valence-electron chi connectivity index (χ3n) is 4.97. The van der Waals surface area contributed by atoms with E-state index in [2.05, 4.69) is 0 Å². The Kier molecular flexibility index (Phi) is 6.22. The maximum absolute atomic E-state index is 12.9. The van der Waals surface area contributed by atoms with E-state index in [0.717, 1.165) is 25.0 Å². The van der Waals surface area contributed by atoms with Crippen LogP contribution in [0.15, 0.2) is 42.5 Å². The van der Waals surface area contributed by atoms with Crippen molar-refractivity contribution in [3.63, 3.8) is 0 Å². The van der Waals surface area contributed by atoms with E-state index in [-0.39, 0.29) is 0 Å². The van der Waals surface area contributed by atoms with E-state index in [1.54, 1.807) is 18.2 Å². The normalized spacial score (nSPS) is 19.4. The molecule has 1 aliphatic rings. The van der Waals surface area contributed by atoms with Gasteiger partial charge in [0, 0.05) is 0 Å². The zero-order chi connectivity index (χ0) is 20.5. The van der Waals surface area contributed by atoms with E-state index in [0.29, 0.717) is 34.1 Å². The van der Waals surface area contributed by atoms with Crippen LogP contribution >= 0.6 is 23.2 Å². The number of piperidine rings is 1. The van der Waals surface area contributed by atoms with E-state index in [9.17, 15) is 23.1 Å². The Morgan fingerprint density at radius 1 is 1.04 bits per heavy atom. The molecule has 1 saturated heterocycles. The van der Waals surface area contributed by atoms with Gasteiger partial charge in [0.1, 0.15) is 6.04 Å². The first-order chi connectivity index (χ1) is 13.2. The number of nitrogens with zero attached hydrogens (tertiary/aromatic N) is 1. The molecule has 3 nitrogen and oxygen atoms in total. The van der Waals surface area contributed by atoms with Gasteiger partial charge in [-0.1, -0.05) is 47.8 Å². The minimum atomic E-state index is -4.44. The second-order valence-electron chi connectivity index (χ2n) is 6.78. The fraction of sp³-hybridized carbons (Fsp3) is 0.350. The molecule has 1 fully saturated rings. The van der Waals surface area contributed by atoms with Crippen molar-refractivity contribution in [1.82, 2.24) is 4.90 Å². The van der Waals surface area contributed by atoms with Crippen LogP contribution < -0.4 is 0 Å². The summed E-state index contributed by atoms with van der Waals surface area (Å²) < 4.78 is 38.8. The zero-order valence-corrected chi connectivity index (χ0v) is 16.2. The molecule has 0 amide bonds. The average molecular weight is 432 g/mol. The third kappa shape index (κ3) is 4.45. The van der Waals surface area contributed by atoms with Crippen LogP contribution in [0.4, 0.5) is 13.2 Å². The molecule has 1 N–H and O–H groups in total. The van der Waals surface area contributed by atoms with E-state index in [1.807, 2.05) is 4.90 Å². The summed E-state index contributed by atoms with van der Waals surface area (Å²) in [5.74, 6) is -0.948. The zero-order valence-electron chi connectivity index (χ0n) is 14.7.